The third-order valence-corrected chi connectivity index (χ3v) is 3.40. The average Bonchev–Trinajstić information content (AvgIpc) is 2.34. The van der Waals surface area contributed by atoms with Crippen LogP contribution in [0.15, 0.2) is 18.2 Å². The lowest BCUT2D eigenvalue weighted by Gasteiger charge is -2.22. The molecule has 0 aromatic heterocycles. The highest BCUT2D eigenvalue weighted by Gasteiger charge is 2.28. The largest absolute Gasteiger partial charge is 0.368 e. The molecule has 0 saturated carbocycles. The molecule has 8 heteroatoms. The van der Waals surface area contributed by atoms with Gasteiger partial charge in [-0.3, -0.25) is 25.0 Å². The molecular formula is C11H10IN3O4. The van der Waals surface area contributed by atoms with Gasteiger partial charge in [-0.15, -0.1) is 0 Å². The number of piperidine rings is 1. The van der Waals surface area contributed by atoms with Crippen LogP contribution in [0.4, 0.5) is 11.4 Å². The highest BCUT2D eigenvalue weighted by Crippen LogP contribution is 2.27. The molecule has 1 aromatic rings. The molecule has 1 atom stereocenters. The van der Waals surface area contributed by atoms with E-state index in [2.05, 4.69) is 10.6 Å². The van der Waals surface area contributed by atoms with E-state index in [1.165, 1.54) is 6.07 Å². The van der Waals surface area contributed by atoms with Crippen molar-refractivity contribution in [3.8, 4) is 0 Å². The molecule has 2 rings (SSSR count). The van der Waals surface area contributed by atoms with Gasteiger partial charge < -0.3 is 5.32 Å². The predicted molar refractivity (Wildman–Crippen MR) is 75.6 cm³/mol. The number of hydrogen-bond acceptors (Lipinski definition) is 5. The van der Waals surface area contributed by atoms with E-state index in [0.29, 0.717) is 6.42 Å². The number of benzene rings is 1. The van der Waals surface area contributed by atoms with Crippen molar-refractivity contribution in [2.75, 3.05) is 5.32 Å². The molecule has 100 valence electrons. The first kappa shape index (κ1) is 13.7. The number of halogens is 1. The molecule has 7 nitrogen and oxygen atoms in total. The number of imide groups is 1. The van der Waals surface area contributed by atoms with Crippen molar-refractivity contribution in [3.05, 3.63) is 31.9 Å². The van der Waals surface area contributed by atoms with Crippen molar-refractivity contribution in [3.63, 3.8) is 0 Å². The molecule has 1 aliphatic heterocycles. The predicted octanol–water partition coefficient (Wildman–Crippen LogP) is 1.42. The van der Waals surface area contributed by atoms with Crippen molar-refractivity contribution < 1.29 is 14.5 Å². The monoisotopic (exact) mass is 375 g/mol. The number of nitrogens with one attached hydrogen (secondary N) is 2. The second-order valence-corrected chi connectivity index (χ2v) is 5.31. The number of nitro groups is 1. The van der Waals surface area contributed by atoms with Crippen LogP contribution >= 0.6 is 22.6 Å². The molecule has 1 aromatic carbocycles. The van der Waals surface area contributed by atoms with Crippen LogP contribution in [0.3, 0.4) is 0 Å². The minimum atomic E-state index is -0.628. The third-order valence-electron chi connectivity index (χ3n) is 2.73. The second kappa shape index (κ2) is 5.51. The molecule has 1 fully saturated rings. The summed E-state index contributed by atoms with van der Waals surface area (Å²) in [7, 11) is 0. The van der Waals surface area contributed by atoms with E-state index in [1.807, 2.05) is 22.6 Å². The van der Waals surface area contributed by atoms with E-state index in [1.54, 1.807) is 12.1 Å². The summed E-state index contributed by atoms with van der Waals surface area (Å²) in [4.78, 5) is 33.1. The Morgan fingerprint density at radius 3 is 2.79 bits per heavy atom. The summed E-state index contributed by atoms with van der Waals surface area (Å²) >= 11 is 1.98. The number of amides is 2. The number of nitro benzene ring substituents is 1. The van der Waals surface area contributed by atoms with Gasteiger partial charge in [-0.2, -0.15) is 0 Å². The van der Waals surface area contributed by atoms with Crippen LogP contribution in [0.2, 0.25) is 0 Å². The highest BCUT2D eigenvalue weighted by molar-refractivity contribution is 14.1. The van der Waals surface area contributed by atoms with Gasteiger partial charge >= 0.3 is 0 Å². The summed E-state index contributed by atoms with van der Waals surface area (Å²) in [5.41, 5.74) is 0.191. The van der Waals surface area contributed by atoms with E-state index in [9.17, 15) is 19.7 Å². The van der Waals surface area contributed by atoms with Crippen LogP contribution in [-0.2, 0) is 9.59 Å². The van der Waals surface area contributed by atoms with Crippen LogP contribution in [0, 0.1) is 13.7 Å². The summed E-state index contributed by atoms with van der Waals surface area (Å²) in [5, 5.41) is 16.0. The van der Waals surface area contributed by atoms with Crippen LogP contribution in [0.25, 0.3) is 0 Å². The van der Waals surface area contributed by atoms with Crippen molar-refractivity contribution in [1.82, 2.24) is 5.32 Å². The maximum atomic E-state index is 11.6. The minimum Gasteiger partial charge on any atom is -0.368 e. The molecule has 2 N–H and O–H groups in total. The normalized spacial score (nSPS) is 18.9. The Kier molecular flexibility index (Phi) is 3.98. The lowest BCUT2D eigenvalue weighted by molar-refractivity contribution is -0.384. The molecular weight excluding hydrogens is 365 g/mol. The number of hydrogen-bond donors (Lipinski definition) is 2. The second-order valence-electron chi connectivity index (χ2n) is 4.07. The summed E-state index contributed by atoms with van der Waals surface area (Å²) in [5.74, 6) is -0.774. The highest BCUT2D eigenvalue weighted by atomic mass is 127. The lowest BCUT2D eigenvalue weighted by atomic mass is 10.1. The van der Waals surface area contributed by atoms with E-state index in [4.69, 9.17) is 0 Å². The van der Waals surface area contributed by atoms with E-state index < -0.39 is 16.9 Å². The fourth-order valence-corrected chi connectivity index (χ4v) is 2.27. The maximum absolute atomic E-state index is 11.6. The fraction of sp³-hybridized carbons (Fsp3) is 0.273. The van der Waals surface area contributed by atoms with Gasteiger partial charge in [-0.05, 0) is 41.1 Å². The minimum absolute atomic E-state index is 0.0865. The molecule has 0 radical (unpaired) electrons. The summed E-state index contributed by atoms with van der Waals surface area (Å²) < 4.78 is 0.734. The molecule has 1 aliphatic rings. The van der Waals surface area contributed by atoms with E-state index >= 15 is 0 Å². The van der Waals surface area contributed by atoms with Gasteiger partial charge in [0.25, 0.3) is 5.69 Å². The molecule has 1 saturated heterocycles. The number of nitrogens with zero attached hydrogens (tertiary/aromatic N) is 1. The molecule has 0 aliphatic carbocycles. The molecule has 1 heterocycles. The first-order valence-electron chi connectivity index (χ1n) is 5.51. The SMILES string of the molecule is O=C1CCC(Nc2ccc(I)cc2[N+](=O)[O-])C(=O)N1. The summed E-state index contributed by atoms with van der Waals surface area (Å²) in [6.07, 6.45) is 0.551. The Morgan fingerprint density at radius 2 is 2.16 bits per heavy atom. The molecule has 2 amide bonds. The zero-order valence-electron chi connectivity index (χ0n) is 9.68. The average molecular weight is 375 g/mol. The van der Waals surface area contributed by atoms with Crippen LogP contribution in [-0.4, -0.2) is 22.8 Å². The molecule has 1 unspecified atom stereocenters. The number of carbonyl (C=O) groups excluding carboxylic acids is 2. The lowest BCUT2D eigenvalue weighted by Crippen LogP contribution is -2.47. The Balaban J connectivity index is 2.21. The first-order chi connectivity index (χ1) is 8.97. The topological polar surface area (TPSA) is 101 Å². The Bertz CT molecular complexity index is 561. The van der Waals surface area contributed by atoms with Gasteiger partial charge in [0.05, 0.1) is 4.92 Å². The Labute approximate surface area is 122 Å². The summed E-state index contributed by atoms with van der Waals surface area (Å²) in [6.45, 7) is 0. The quantitative estimate of drug-likeness (QED) is 0.360. The molecule has 0 spiro atoms. The van der Waals surface area contributed by atoms with E-state index in [0.717, 1.165) is 3.57 Å². The van der Waals surface area contributed by atoms with Crippen LogP contribution in [0.5, 0.6) is 0 Å². The molecule has 0 bridgehead atoms. The van der Waals surface area contributed by atoms with Gasteiger partial charge in [-0.1, -0.05) is 0 Å². The maximum Gasteiger partial charge on any atom is 0.293 e. The van der Waals surface area contributed by atoms with Gasteiger partial charge in [0.2, 0.25) is 11.8 Å². The zero-order chi connectivity index (χ0) is 14.0. The van der Waals surface area contributed by atoms with Gasteiger partial charge in [0, 0.05) is 16.1 Å². The van der Waals surface area contributed by atoms with Crippen molar-refractivity contribution in [2.24, 2.45) is 0 Å². The van der Waals surface area contributed by atoms with Gasteiger partial charge in [0.1, 0.15) is 11.7 Å². The van der Waals surface area contributed by atoms with Gasteiger partial charge in [0.15, 0.2) is 0 Å². The summed E-state index contributed by atoms with van der Waals surface area (Å²) in [6, 6.07) is 4.07. The van der Waals surface area contributed by atoms with Crippen LogP contribution in [0.1, 0.15) is 12.8 Å². The standard InChI is InChI=1S/C11H10IN3O4/c12-6-1-2-7(9(5-6)15(18)19)13-8-3-4-10(16)14-11(8)17/h1-2,5,8,13H,3-4H2,(H,14,16,17). The van der Waals surface area contributed by atoms with Crippen LogP contribution < -0.4 is 10.6 Å². The Morgan fingerprint density at radius 1 is 1.42 bits per heavy atom. The number of carbonyl (C=O) groups is 2. The van der Waals surface area contributed by atoms with E-state index in [-0.39, 0.29) is 23.7 Å². The van der Waals surface area contributed by atoms with Crippen molar-refractivity contribution in [1.29, 1.82) is 0 Å². The first-order valence-corrected chi connectivity index (χ1v) is 6.59. The zero-order valence-corrected chi connectivity index (χ0v) is 11.8. The number of anilines is 1. The third kappa shape index (κ3) is 3.19. The van der Waals surface area contributed by atoms with Gasteiger partial charge in [-0.25, -0.2) is 0 Å². The molecule has 19 heavy (non-hydrogen) atoms. The Hall–Kier alpha value is -1.71. The van der Waals surface area contributed by atoms with Crippen molar-refractivity contribution >= 4 is 45.8 Å². The number of rotatable bonds is 3. The van der Waals surface area contributed by atoms with Crippen molar-refractivity contribution in [2.45, 2.75) is 18.9 Å². The fourth-order valence-electron chi connectivity index (χ4n) is 1.80. The smallest absolute Gasteiger partial charge is 0.293 e.